The fourth-order valence-electron chi connectivity index (χ4n) is 0.703. The van der Waals surface area contributed by atoms with Crippen molar-refractivity contribution in [1.82, 2.24) is 0 Å². The number of hydrogen-bond acceptors (Lipinski definition) is 2. The number of alkyl halides is 3. The molecule has 0 unspecified atom stereocenters. The molecule has 0 spiro atoms. The molecule has 0 aromatic heterocycles. The van der Waals surface area contributed by atoms with Crippen LogP contribution in [0.3, 0.4) is 0 Å². The van der Waals surface area contributed by atoms with E-state index in [-0.39, 0.29) is 16.5 Å². The van der Waals surface area contributed by atoms with Gasteiger partial charge in [0.1, 0.15) is 0 Å². The summed E-state index contributed by atoms with van der Waals surface area (Å²) in [5, 5.41) is 15.3. The molecule has 0 fully saturated rings. The molecular formula is C9H15F3NiO4. The molecule has 17 heavy (non-hydrogen) atoms. The van der Waals surface area contributed by atoms with Crippen LogP contribution < -0.4 is 0 Å². The maximum atomic E-state index is 10.6. The van der Waals surface area contributed by atoms with Crippen molar-refractivity contribution in [3.05, 3.63) is 0 Å². The van der Waals surface area contributed by atoms with Crippen LogP contribution in [-0.4, -0.2) is 28.3 Å². The van der Waals surface area contributed by atoms with E-state index in [2.05, 4.69) is 6.92 Å². The van der Waals surface area contributed by atoms with Crippen LogP contribution in [0.15, 0.2) is 0 Å². The molecule has 0 saturated heterocycles. The van der Waals surface area contributed by atoms with Gasteiger partial charge in [0.05, 0.1) is 0 Å². The first-order valence-corrected chi connectivity index (χ1v) is 4.73. The minimum absolute atomic E-state index is 0. The van der Waals surface area contributed by atoms with Crippen LogP contribution >= 0.6 is 0 Å². The van der Waals surface area contributed by atoms with Crippen LogP contribution in [0.4, 0.5) is 13.2 Å². The molecule has 4 nitrogen and oxygen atoms in total. The smallest absolute Gasteiger partial charge is 0.481 e. The van der Waals surface area contributed by atoms with Gasteiger partial charge >= 0.3 is 18.1 Å². The van der Waals surface area contributed by atoms with Gasteiger partial charge in [0.15, 0.2) is 0 Å². The predicted molar refractivity (Wildman–Crippen MR) is 50.1 cm³/mol. The predicted octanol–water partition coefficient (Wildman–Crippen LogP) is 2.67. The molecule has 0 radical (unpaired) electrons. The Morgan fingerprint density at radius 3 is 1.71 bits per heavy atom. The van der Waals surface area contributed by atoms with Crippen LogP contribution in [0, 0.1) is 0 Å². The van der Waals surface area contributed by atoms with E-state index in [1.807, 2.05) is 0 Å². The van der Waals surface area contributed by atoms with Crippen molar-refractivity contribution >= 4 is 11.9 Å². The third-order valence-electron chi connectivity index (χ3n) is 1.49. The monoisotopic (exact) mass is 302 g/mol. The van der Waals surface area contributed by atoms with Gasteiger partial charge in [0.25, 0.3) is 0 Å². The quantitative estimate of drug-likeness (QED) is 0.605. The van der Waals surface area contributed by atoms with Gasteiger partial charge in [-0.05, 0) is 6.42 Å². The van der Waals surface area contributed by atoms with E-state index in [9.17, 15) is 18.0 Å². The molecule has 0 rings (SSSR count). The zero-order valence-corrected chi connectivity index (χ0v) is 10.2. The summed E-state index contributed by atoms with van der Waals surface area (Å²) in [4.78, 5) is 18.9. The van der Waals surface area contributed by atoms with Crippen LogP contribution in [0.2, 0.25) is 0 Å². The van der Waals surface area contributed by atoms with Crippen molar-refractivity contribution in [3.8, 4) is 0 Å². The summed E-state index contributed by atoms with van der Waals surface area (Å²) in [6.07, 6.45) is -0.529. The van der Waals surface area contributed by atoms with E-state index in [0.717, 1.165) is 19.3 Å². The minimum Gasteiger partial charge on any atom is -0.481 e. The SMILES string of the molecule is CCCCCCC(=O)O.O=C(O)C(F)(F)F.[Ni]. The molecule has 0 saturated carbocycles. The third-order valence-corrected chi connectivity index (χ3v) is 1.49. The number of aliphatic carboxylic acids is 2. The molecule has 0 aromatic rings. The average molecular weight is 303 g/mol. The molecule has 0 aromatic carbocycles. The van der Waals surface area contributed by atoms with Gasteiger partial charge in [0.2, 0.25) is 0 Å². The Morgan fingerprint density at radius 1 is 1.06 bits per heavy atom. The second kappa shape index (κ2) is 11.7. The topological polar surface area (TPSA) is 74.6 Å². The van der Waals surface area contributed by atoms with Crippen molar-refractivity contribution in [3.63, 3.8) is 0 Å². The zero-order chi connectivity index (χ0) is 13.2. The summed E-state index contributed by atoms with van der Waals surface area (Å²) < 4.78 is 31.7. The van der Waals surface area contributed by atoms with Crippen LogP contribution in [0.25, 0.3) is 0 Å². The number of carbonyl (C=O) groups is 2. The Bertz CT molecular complexity index is 219. The van der Waals surface area contributed by atoms with E-state index < -0.39 is 18.1 Å². The molecule has 0 aliphatic rings. The molecule has 0 aliphatic carbocycles. The largest absolute Gasteiger partial charge is 0.490 e. The number of carboxylic acids is 2. The van der Waals surface area contributed by atoms with Gasteiger partial charge in [-0.1, -0.05) is 26.2 Å². The number of halogens is 3. The zero-order valence-electron chi connectivity index (χ0n) is 9.20. The first-order chi connectivity index (χ1) is 7.21. The summed E-state index contributed by atoms with van der Waals surface area (Å²) in [5.41, 5.74) is 0. The van der Waals surface area contributed by atoms with Gasteiger partial charge in [-0.3, -0.25) is 4.79 Å². The second-order valence-corrected chi connectivity index (χ2v) is 3.01. The Morgan fingerprint density at radius 2 is 1.47 bits per heavy atom. The molecular weight excluding hydrogens is 288 g/mol. The molecule has 0 atom stereocenters. The molecule has 0 heterocycles. The van der Waals surface area contributed by atoms with Crippen LogP contribution in [-0.2, 0) is 26.1 Å². The molecule has 0 amide bonds. The normalized spacial score (nSPS) is 9.65. The van der Waals surface area contributed by atoms with Crippen LogP contribution in [0.5, 0.6) is 0 Å². The number of rotatable bonds is 5. The van der Waals surface area contributed by atoms with Crippen molar-refractivity contribution in [2.75, 3.05) is 0 Å². The van der Waals surface area contributed by atoms with Gasteiger partial charge < -0.3 is 10.2 Å². The number of unbranched alkanes of at least 4 members (excludes halogenated alkanes) is 3. The summed E-state index contributed by atoms with van der Waals surface area (Å²) in [6, 6.07) is 0. The van der Waals surface area contributed by atoms with Crippen molar-refractivity contribution in [2.24, 2.45) is 0 Å². The molecule has 2 N–H and O–H groups in total. The fourth-order valence-corrected chi connectivity index (χ4v) is 0.703. The maximum Gasteiger partial charge on any atom is 0.490 e. The third kappa shape index (κ3) is 21.1. The minimum atomic E-state index is -5.08. The summed E-state index contributed by atoms with van der Waals surface area (Å²) in [7, 11) is 0. The van der Waals surface area contributed by atoms with Gasteiger partial charge in [0, 0.05) is 22.9 Å². The van der Waals surface area contributed by atoms with E-state index in [1.54, 1.807) is 0 Å². The summed E-state index contributed by atoms with van der Waals surface area (Å²) in [6.45, 7) is 2.11. The van der Waals surface area contributed by atoms with E-state index in [4.69, 9.17) is 15.0 Å². The molecule has 8 heteroatoms. The Balaban J connectivity index is -0.000000224. The van der Waals surface area contributed by atoms with Gasteiger partial charge in [-0.15, -0.1) is 0 Å². The van der Waals surface area contributed by atoms with E-state index in [0.29, 0.717) is 6.42 Å². The van der Waals surface area contributed by atoms with Crippen molar-refractivity contribution in [2.45, 2.75) is 45.2 Å². The average Bonchev–Trinajstić information content (AvgIpc) is 2.11. The fraction of sp³-hybridized carbons (Fsp3) is 0.778. The second-order valence-electron chi connectivity index (χ2n) is 3.01. The Labute approximate surface area is 107 Å². The Hall–Kier alpha value is -0.776. The summed E-state index contributed by atoms with van der Waals surface area (Å²) >= 11 is 0. The molecule has 0 aliphatic heterocycles. The summed E-state index contributed by atoms with van der Waals surface area (Å²) in [5.74, 6) is -3.43. The standard InChI is InChI=1S/C7H14O2.C2HF3O2.Ni/c1-2-3-4-5-6-7(8)9;3-2(4,5)1(6)7;/h2-6H2,1H3,(H,8,9);(H,6,7);. The molecule has 106 valence electrons. The first kappa shape index (κ1) is 21.5. The first-order valence-electron chi connectivity index (χ1n) is 4.73. The number of carboxylic acid groups (broad SMARTS) is 2. The Kier molecular flexibility index (Phi) is 14.8. The molecule has 0 bridgehead atoms. The van der Waals surface area contributed by atoms with Crippen molar-refractivity contribution < 1.29 is 49.5 Å². The maximum absolute atomic E-state index is 10.6. The van der Waals surface area contributed by atoms with E-state index >= 15 is 0 Å². The van der Waals surface area contributed by atoms with E-state index in [1.165, 1.54) is 6.42 Å². The van der Waals surface area contributed by atoms with Crippen molar-refractivity contribution in [1.29, 1.82) is 0 Å². The van der Waals surface area contributed by atoms with Gasteiger partial charge in [-0.2, -0.15) is 13.2 Å². The van der Waals surface area contributed by atoms with Gasteiger partial charge in [-0.25, -0.2) is 4.79 Å². The van der Waals surface area contributed by atoms with Crippen LogP contribution in [0.1, 0.15) is 39.0 Å². The number of hydrogen-bond donors (Lipinski definition) is 2.